The molecule has 0 spiro atoms. The molecular weight excluding hydrogens is 450 g/mol. The first-order valence-electron chi connectivity index (χ1n) is 11.8. The molecule has 0 unspecified atom stereocenters. The van der Waals surface area contributed by atoms with Crippen LogP contribution in [0.3, 0.4) is 0 Å². The van der Waals surface area contributed by atoms with Crippen LogP contribution < -0.4 is 10.2 Å². The van der Waals surface area contributed by atoms with Gasteiger partial charge in [0.15, 0.2) is 0 Å². The number of anilines is 1. The predicted octanol–water partition coefficient (Wildman–Crippen LogP) is 3.52. The summed E-state index contributed by atoms with van der Waals surface area (Å²) in [4.78, 5) is 28.7. The second-order valence-electron chi connectivity index (χ2n) is 9.51. The van der Waals surface area contributed by atoms with Crippen molar-refractivity contribution in [3.8, 4) is 0 Å². The molecule has 1 saturated heterocycles. The highest BCUT2D eigenvalue weighted by Crippen LogP contribution is 2.34. The van der Waals surface area contributed by atoms with Gasteiger partial charge in [-0.1, -0.05) is 56.7 Å². The van der Waals surface area contributed by atoms with Crippen molar-refractivity contribution in [3.05, 3.63) is 59.7 Å². The highest BCUT2D eigenvalue weighted by Gasteiger charge is 2.51. The molecule has 2 aromatic rings. The standard InChI is InChI=1S/C26H35N3O4S/c1-6-21-9-7-8-10-23(21)29-24(30)17-28(34(32,33)22-13-11-20(4)12-14-22)18-26(29,5)25(31)27-16-15-19(2)3/h7-14,19H,6,15-18H2,1-5H3,(H,27,31)/t26-/m0/s1. The van der Waals surface area contributed by atoms with Gasteiger partial charge >= 0.3 is 0 Å². The molecule has 1 fully saturated rings. The van der Waals surface area contributed by atoms with Crippen molar-refractivity contribution in [2.24, 2.45) is 5.92 Å². The highest BCUT2D eigenvalue weighted by molar-refractivity contribution is 7.89. The summed E-state index contributed by atoms with van der Waals surface area (Å²) in [6, 6.07) is 14.0. The van der Waals surface area contributed by atoms with E-state index >= 15 is 0 Å². The zero-order valence-corrected chi connectivity index (χ0v) is 21.5. The monoisotopic (exact) mass is 485 g/mol. The SMILES string of the molecule is CCc1ccccc1N1C(=O)CN(S(=O)(=O)c2ccc(C)cc2)C[C@@]1(C)C(=O)NCCC(C)C. The molecular formula is C26H35N3O4S. The third-order valence-corrected chi connectivity index (χ3v) is 8.11. The zero-order chi connectivity index (χ0) is 25.1. The Morgan fingerprint density at radius 2 is 1.76 bits per heavy atom. The number of amides is 2. The second kappa shape index (κ2) is 10.3. The maximum absolute atomic E-state index is 13.6. The molecule has 184 valence electrons. The van der Waals surface area contributed by atoms with Crippen molar-refractivity contribution < 1.29 is 18.0 Å². The summed E-state index contributed by atoms with van der Waals surface area (Å²) in [5.74, 6) is -0.392. The number of hydrogen-bond donors (Lipinski definition) is 1. The Kier molecular flexibility index (Phi) is 7.83. The fourth-order valence-electron chi connectivity index (χ4n) is 4.26. The molecule has 1 atom stereocenters. The lowest BCUT2D eigenvalue weighted by Crippen LogP contribution is -2.70. The van der Waals surface area contributed by atoms with Crippen LogP contribution in [-0.4, -0.2) is 49.7 Å². The molecule has 1 aliphatic heterocycles. The smallest absolute Gasteiger partial charge is 0.247 e. The lowest BCUT2D eigenvalue weighted by atomic mass is 9.93. The van der Waals surface area contributed by atoms with E-state index in [0.717, 1.165) is 21.9 Å². The molecule has 0 saturated carbocycles. The third-order valence-electron chi connectivity index (χ3n) is 6.31. The summed E-state index contributed by atoms with van der Waals surface area (Å²) < 4.78 is 28.0. The van der Waals surface area contributed by atoms with Gasteiger partial charge in [0.25, 0.3) is 0 Å². The number of carbonyl (C=O) groups excluding carboxylic acids is 2. The van der Waals surface area contributed by atoms with Crippen LogP contribution >= 0.6 is 0 Å². The summed E-state index contributed by atoms with van der Waals surface area (Å²) in [5, 5.41) is 2.95. The molecule has 1 N–H and O–H groups in total. The minimum absolute atomic E-state index is 0.107. The van der Waals surface area contributed by atoms with E-state index in [1.54, 1.807) is 19.1 Å². The maximum Gasteiger partial charge on any atom is 0.247 e. The van der Waals surface area contributed by atoms with Crippen LogP contribution in [0.2, 0.25) is 0 Å². The van der Waals surface area contributed by atoms with E-state index in [0.29, 0.717) is 24.6 Å². The van der Waals surface area contributed by atoms with Gasteiger partial charge in [-0.25, -0.2) is 8.42 Å². The fraction of sp³-hybridized carbons (Fsp3) is 0.462. The van der Waals surface area contributed by atoms with E-state index in [-0.39, 0.29) is 23.9 Å². The van der Waals surface area contributed by atoms with E-state index in [1.807, 2.05) is 38.1 Å². The van der Waals surface area contributed by atoms with E-state index in [4.69, 9.17) is 0 Å². The van der Waals surface area contributed by atoms with Gasteiger partial charge in [0, 0.05) is 18.8 Å². The van der Waals surface area contributed by atoms with Gasteiger partial charge in [-0.05, 0) is 56.4 Å². The van der Waals surface area contributed by atoms with Crippen LogP contribution in [0, 0.1) is 12.8 Å². The van der Waals surface area contributed by atoms with E-state index in [9.17, 15) is 18.0 Å². The van der Waals surface area contributed by atoms with Crippen LogP contribution in [0.15, 0.2) is 53.4 Å². The Hall–Kier alpha value is -2.71. The Labute approximate surface area is 203 Å². The van der Waals surface area contributed by atoms with Gasteiger partial charge in [-0.2, -0.15) is 4.31 Å². The van der Waals surface area contributed by atoms with Crippen LogP contribution in [0.5, 0.6) is 0 Å². The first-order valence-corrected chi connectivity index (χ1v) is 13.2. The Morgan fingerprint density at radius 3 is 2.38 bits per heavy atom. The van der Waals surface area contributed by atoms with Gasteiger partial charge in [-0.15, -0.1) is 0 Å². The van der Waals surface area contributed by atoms with Crippen LogP contribution in [0.4, 0.5) is 5.69 Å². The number of benzene rings is 2. The first-order chi connectivity index (χ1) is 16.0. The molecule has 2 aromatic carbocycles. The average molecular weight is 486 g/mol. The molecule has 1 aliphatic rings. The van der Waals surface area contributed by atoms with Crippen molar-refractivity contribution in [2.75, 3.05) is 24.5 Å². The van der Waals surface area contributed by atoms with Gasteiger partial charge < -0.3 is 5.32 Å². The van der Waals surface area contributed by atoms with Gasteiger partial charge in [-0.3, -0.25) is 14.5 Å². The molecule has 34 heavy (non-hydrogen) atoms. The number of nitrogens with zero attached hydrogens (tertiary/aromatic N) is 2. The molecule has 0 radical (unpaired) electrons. The fourth-order valence-corrected chi connectivity index (χ4v) is 5.74. The number of nitrogens with one attached hydrogen (secondary N) is 1. The number of rotatable bonds is 8. The summed E-state index contributed by atoms with van der Waals surface area (Å²) in [6.07, 6.45) is 1.46. The second-order valence-corrected chi connectivity index (χ2v) is 11.4. The third kappa shape index (κ3) is 5.18. The number of aryl methyl sites for hydroxylation is 2. The van der Waals surface area contributed by atoms with Gasteiger partial charge in [0.2, 0.25) is 21.8 Å². The summed E-state index contributed by atoms with van der Waals surface area (Å²) >= 11 is 0. The largest absolute Gasteiger partial charge is 0.354 e. The molecule has 0 bridgehead atoms. The highest BCUT2D eigenvalue weighted by atomic mass is 32.2. The number of sulfonamides is 1. The Bertz CT molecular complexity index is 1140. The first kappa shape index (κ1) is 25.9. The van der Waals surface area contributed by atoms with Crippen LogP contribution in [-0.2, 0) is 26.0 Å². The number of carbonyl (C=O) groups is 2. The molecule has 2 amide bonds. The minimum Gasteiger partial charge on any atom is -0.354 e. The Balaban J connectivity index is 2.04. The average Bonchev–Trinajstić information content (AvgIpc) is 2.78. The van der Waals surface area contributed by atoms with E-state index < -0.39 is 21.5 Å². The van der Waals surface area contributed by atoms with Crippen molar-refractivity contribution in [1.29, 1.82) is 0 Å². The van der Waals surface area contributed by atoms with Gasteiger partial charge in [0.1, 0.15) is 5.54 Å². The molecule has 7 nitrogen and oxygen atoms in total. The predicted molar refractivity (Wildman–Crippen MR) is 134 cm³/mol. The van der Waals surface area contributed by atoms with Crippen LogP contribution in [0.1, 0.15) is 45.2 Å². The number of para-hydroxylation sites is 1. The van der Waals surface area contributed by atoms with Crippen molar-refractivity contribution >= 4 is 27.5 Å². The molecule has 8 heteroatoms. The summed E-state index contributed by atoms with van der Waals surface area (Å²) in [7, 11) is -3.97. The van der Waals surface area contributed by atoms with Crippen molar-refractivity contribution in [1.82, 2.24) is 9.62 Å². The Morgan fingerprint density at radius 1 is 1.12 bits per heavy atom. The van der Waals surface area contributed by atoms with Crippen molar-refractivity contribution in [3.63, 3.8) is 0 Å². The number of hydrogen-bond acceptors (Lipinski definition) is 4. The molecule has 3 rings (SSSR count). The van der Waals surface area contributed by atoms with Gasteiger partial charge in [0.05, 0.1) is 11.4 Å². The van der Waals surface area contributed by atoms with E-state index in [1.165, 1.54) is 17.0 Å². The quantitative estimate of drug-likeness (QED) is 0.620. The zero-order valence-electron chi connectivity index (χ0n) is 20.7. The maximum atomic E-state index is 13.6. The molecule has 0 aliphatic carbocycles. The summed E-state index contributed by atoms with van der Waals surface area (Å²) in [6.45, 7) is 9.63. The molecule has 0 aromatic heterocycles. The number of piperazine rings is 1. The van der Waals surface area contributed by atoms with E-state index in [2.05, 4.69) is 19.2 Å². The normalized spacial score (nSPS) is 19.5. The summed E-state index contributed by atoms with van der Waals surface area (Å²) in [5.41, 5.74) is 1.09. The minimum atomic E-state index is -3.97. The van der Waals surface area contributed by atoms with Crippen molar-refractivity contribution in [2.45, 2.75) is 57.9 Å². The molecule has 1 heterocycles. The topological polar surface area (TPSA) is 86.8 Å². The van der Waals surface area contributed by atoms with Crippen LogP contribution in [0.25, 0.3) is 0 Å². The lowest BCUT2D eigenvalue weighted by molar-refractivity contribution is -0.132. The lowest BCUT2D eigenvalue weighted by Gasteiger charge is -2.47.